The SMILES string of the molecule is CC=O.CN1CCS[C@@H]1[C@@H]1CSC(c2cc(F)ccc2O)=N1. The zero-order valence-corrected chi connectivity index (χ0v) is 14.2. The van der Waals surface area contributed by atoms with E-state index in [2.05, 4.69) is 16.9 Å². The zero-order chi connectivity index (χ0) is 16.1. The maximum atomic E-state index is 13.3. The average Bonchev–Trinajstić information content (AvgIpc) is 3.11. The van der Waals surface area contributed by atoms with Gasteiger partial charge in [0.1, 0.15) is 22.9 Å². The quantitative estimate of drug-likeness (QED) is 0.837. The Labute approximate surface area is 138 Å². The molecule has 0 aliphatic carbocycles. The normalized spacial score (nSPS) is 24.6. The van der Waals surface area contributed by atoms with Crippen LogP contribution in [0.5, 0.6) is 5.75 Å². The van der Waals surface area contributed by atoms with Gasteiger partial charge in [-0.15, -0.1) is 23.5 Å². The van der Waals surface area contributed by atoms with Crippen molar-refractivity contribution >= 4 is 34.9 Å². The molecular formula is C15H19FN2O2S2. The second kappa shape index (κ2) is 7.99. The van der Waals surface area contributed by atoms with Gasteiger partial charge in [-0.1, -0.05) is 0 Å². The molecule has 4 nitrogen and oxygen atoms in total. The van der Waals surface area contributed by atoms with Gasteiger partial charge in [-0.05, 0) is 32.2 Å². The van der Waals surface area contributed by atoms with Crippen molar-refractivity contribution in [2.75, 3.05) is 25.1 Å². The number of carbonyl (C=O) groups is 1. The lowest BCUT2D eigenvalue weighted by Gasteiger charge is -2.21. The molecule has 120 valence electrons. The molecule has 1 aromatic rings. The molecule has 1 aromatic carbocycles. The minimum Gasteiger partial charge on any atom is -0.507 e. The van der Waals surface area contributed by atoms with Crippen LogP contribution in [0.15, 0.2) is 23.2 Å². The topological polar surface area (TPSA) is 52.9 Å². The largest absolute Gasteiger partial charge is 0.507 e. The summed E-state index contributed by atoms with van der Waals surface area (Å²) in [4.78, 5) is 15.8. The summed E-state index contributed by atoms with van der Waals surface area (Å²) in [7, 11) is 2.11. The van der Waals surface area contributed by atoms with Gasteiger partial charge in [0.2, 0.25) is 0 Å². The molecule has 22 heavy (non-hydrogen) atoms. The Morgan fingerprint density at radius 3 is 2.86 bits per heavy atom. The van der Waals surface area contributed by atoms with E-state index in [-0.39, 0.29) is 17.6 Å². The fourth-order valence-electron chi connectivity index (χ4n) is 2.34. The van der Waals surface area contributed by atoms with Crippen LogP contribution < -0.4 is 0 Å². The van der Waals surface area contributed by atoms with Gasteiger partial charge in [0.25, 0.3) is 0 Å². The Morgan fingerprint density at radius 2 is 2.23 bits per heavy atom. The molecule has 0 unspecified atom stereocenters. The monoisotopic (exact) mass is 342 g/mol. The highest BCUT2D eigenvalue weighted by atomic mass is 32.2. The summed E-state index contributed by atoms with van der Waals surface area (Å²) in [5.74, 6) is 1.79. The number of halogens is 1. The smallest absolute Gasteiger partial charge is 0.125 e. The first-order valence-electron chi connectivity index (χ1n) is 6.98. The number of hydrogen-bond acceptors (Lipinski definition) is 6. The van der Waals surface area contributed by atoms with Crippen LogP contribution in [0, 0.1) is 5.82 Å². The van der Waals surface area contributed by atoms with Crippen LogP contribution in [0.2, 0.25) is 0 Å². The predicted octanol–water partition coefficient (Wildman–Crippen LogP) is 2.60. The van der Waals surface area contributed by atoms with Crippen molar-refractivity contribution in [3.05, 3.63) is 29.6 Å². The van der Waals surface area contributed by atoms with Crippen molar-refractivity contribution in [3.63, 3.8) is 0 Å². The van der Waals surface area contributed by atoms with Crippen molar-refractivity contribution in [3.8, 4) is 5.75 Å². The lowest BCUT2D eigenvalue weighted by Crippen LogP contribution is -2.33. The number of rotatable bonds is 2. The van der Waals surface area contributed by atoms with Gasteiger partial charge in [-0.25, -0.2) is 4.39 Å². The molecule has 2 aliphatic heterocycles. The summed E-state index contributed by atoms with van der Waals surface area (Å²) >= 11 is 3.52. The number of carbonyl (C=O) groups excluding carboxylic acids is 1. The third-order valence-corrected chi connectivity index (χ3v) is 5.90. The number of thioether (sulfide) groups is 2. The van der Waals surface area contributed by atoms with Crippen molar-refractivity contribution in [2.45, 2.75) is 18.3 Å². The Hall–Kier alpha value is -1.05. The van der Waals surface area contributed by atoms with Crippen LogP contribution in [0.25, 0.3) is 0 Å². The van der Waals surface area contributed by atoms with Crippen LogP contribution in [-0.4, -0.2) is 57.9 Å². The van der Waals surface area contributed by atoms with Gasteiger partial charge in [-0.3, -0.25) is 9.89 Å². The van der Waals surface area contributed by atoms with Crippen LogP contribution in [0.4, 0.5) is 4.39 Å². The van der Waals surface area contributed by atoms with Gasteiger partial charge in [-0.2, -0.15) is 0 Å². The van der Waals surface area contributed by atoms with Crippen LogP contribution in [-0.2, 0) is 4.79 Å². The molecule has 1 fully saturated rings. The van der Waals surface area contributed by atoms with Crippen molar-refractivity contribution in [1.82, 2.24) is 4.90 Å². The minimum atomic E-state index is -0.341. The van der Waals surface area contributed by atoms with E-state index in [1.54, 1.807) is 11.8 Å². The van der Waals surface area contributed by atoms with E-state index in [1.165, 1.54) is 25.1 Å². The molecule has 2 aliphatic rings. The molecule has 2 heterocycles. The Bertz CT molecular complexity index is 568. The molecule has 0 bridgehead atoms. The maximum Gasteiger partial charge on any atom is 0.125 e. The molecule has 7 heteroatoms. The van der Waals surface area contributed by atoms with Gasteiger partial charge in [0.05, 0.1) is 17.0 Å². The molecule has 0 amide bonds. The lowest BCUT2D eigenvalue weighted by atomic mass is 10.2. The molecule has 1 N–H and O–H groups in total. The first kappa shape index (κ1) is 17.3. The second-order valence-corrected chi connectivity index (χ2v) is 7.19. The first-order valence-corrected chi connectivity index (χ1v) is 9.01. The number of nitrogens with zero attached hydrogens (tertiary/aromatic N) is 2. The lowest BCUT2D eigenvalue weighted by molar-refractivity contribution is -0.106. The molecule has 0 saturated carbocycles. The molecule has 0 aromatic heterocycles. The molecular weight excluding hydrogens is 323 g/mol. The van der Waals surface area contributed by atoms with Crippen LogP contribution in [0.3, 0.4) is 0 Å². The summed E-state index contributed by atoms with van der Waals surface area (Å²) in [5.41, 5.74) is 0.512. The minimum absolute atomic E-state index is 0.0979. The fraction of sp³-hybridized carbons (Fsp3) is 0.467. The zero-order valence-electron chi connectivity index (χ0n) is 12.5. The van der Waals surface area contributed by atoms with E-state index >= 15 is 0 Å². The number of likely N-dealkylation sites (N-methyl/N-ethyl adjacent to an activating group) is 1. The predicted molar refractivity (Wildman–Crippen MR) is 91.5 cm³/mol. The number of benzene rings is 1. The molecule has 0 spiro atoms. The standard InChI is InChI=1S/C13H15FN2OS2.C2H4O/c1-16-4-5-18-13(16)10-7-19-12(15-10)9-6-8(14)2-3-11(9)17;1-2-3/h2-3,6,10,13,17H,4-5,7H2,1H3;2H,1H3/t10-,13+;/m0./s1. The second-order valence-electron chi connectivity index (χ2n) is 4.95. The van der Waals surface area contributed by atoms with Gasteiger partial charge in [0.15, 0.2) is 0 Å². The number of phenols is 1. The highest BCUT2D eigenvalue weighted by Gasteiger charge is 2.33. The number of aliphatic imine (C=N–C) groups is 1. The number of phenolic OH excluding ortho intramolecular Hbond substituents is 1. The van der Waals surface area contributed by atoms with E-state index in [9.17, 15) is 9.50 Å². The third kappa shape index (κ3) is 4.02. The summed E-state index contributed by atoms with van der Waals surface area (Å²) in [6, 6.07) is 4.23. The Morgan fingerprint density at radius 1 is 1.50 bits per heavy atom. The van der Waals surface area contributed by atoms with E-state index < -0.39 is 0 Å². The molecule has 3 rings (SSSR count). The van der Waals surface area contributed by atoms with E-state index in [4.69, 9.17) is 4.79 Å². The Kier molecular flexibility index (Phi) is 6.28. The summed E-state index contributed by atoms with van der Waals surface area (Å²) < 4.78 is 13.3. The van der Waals surface area contributed by atoms with Gasteiger partial charge >= 0.3 is 0 Å². The van der Waals surface area contributed by atoms with Crippen LogP contribution >= 0.6 is 23.5 Å². The van der Waals surface area contributed by atoms with Crippen LogP contribution in [0.1, 0.15) is 12.5 Å². The average molecular weight is 342 g/mol. The fourth-order valence-corrected chi connectivity index (χ4v) is 4.95. The number of aromatic hydroxyl groups is 1. The highest BCUT2D eigenvalue weighted by Crippen LogP contribution is 2.35. The number of aldehydes is 1. The molecule has 0 radical (unpaired) electrons. The summed E-state index contributed by atoms with van der Waals surface area (Å²) in [6.45, 7) is 2.53. The first-order chi connectivity index (χ1) is 10.6. The van der Waals surface area contributed by atoms with Gasteiger partial charge < -0.3 is 9.90 Å². The summed E-state index contributed by atoms with van der Waals surface area (Å²) in [6.07, 6.45) is 0.750. The van der Waals surface area contributed by atoms with Crippen molar-refractivity contribution in [2.24, 2.45) is 4.99 Å². The molecule has 1 saturated heterocycles. The maximum absolute atomic E-state index is 13.3. The third-order valence-electron chi connectivity index (χ3n) is 3.36. The Balaban J connectivity index is 0.000000545. The van der Waals surface area contributed by atoms with Crippen molar-refractivity contribution < 1.29 is 14.3 Å². The molecule has 2 atom stereocenters. The summed E-state index contributed by atoms with van der Waals surface area (Å²) in [5, 5.41) is 11.0. The van der Waals surface area contributed by atoms with E-state index in [0.29, 0.717) is 10.9 Å². The number of hydrogen-bond donors (Lipinski definition) is 1. The van der Waals surface area contributed by atoms with E-state index in [0.717, 1.165) is 29.4 Å². The van der Waals surface area contributed by atoms with E-state index in [1.807, 2.05) is 11.8 Å². The highest BCUT2D eigenvalue weighted by molar-refractivity contribution is 8.14. The van der Waals surface area contributed by atoms with Gasteiger partial charge in [0, 0.05) is 18.1 Å². The van der Waals surface area contributed by atoms with Crippen molar-refractivity contribution in [1.29, 1.82) is 0 Å².